The van der Waals surface area contributed by atoms with Gasteiger partial charge in [0.2, 0.25) is 0 Å². The summed E-state index contributed by atoms with van der Waals surface area (Å²) in [5.74, 6) is 0.163. The maximum atomic E-state index is 13.0. The zero-order valence-electron chi connectivity index (χ0n) is 8.41. The molecule has 0 unspecified atom stereocenters. The van der Waals surface area contributed by atoms with Gasteiger partial charge in [0, 0.05) is 17.9 Å². The Balaban J connectivity index is 1.88. The Bertz CT molecular complexity index is 330. The molecule has 82 valence electrons. The Hall–Kier alpha value is -1.29. The number of anilines is 2. The van der Waals surface area contributed by atoms with Crippen LogP contribution in [0.15, 0.2) is 18.2 Å². The van der Waals surface area contributed by atoms with Crippen LogP contribution in [0.25, 0.3) is 0 Å². The quantitative estimate of drug-likeness (QED) is 0.664. The third-order valence-electron chi connectivity index (χ3n) is 2.73. The van der Waals surface area contributed by atoms with Crippen LogP contribution >= 0.6 is 0 Å². The van der Waals surface area contributed by atoms with Crippen LogP contribution in [0.2, 0.25) is 0 Å². The summed E-state index contributed by atoms with van der Waals surface area (Å²) in [5.41, 5.74) is 6.64. The first-order chi connectivity index (χ1) is 7.13. The third-order valence-corrected chi connectivity index (χ3v) is 2.73. The summed E-state index contributed by atoms with van der Waals surface area (Å²) < 4.78 is 13.0. The molecule has 0 saturated heterocycles. The number of nitrogen functional groups attached to an aromatic ring is 1. The van der Waals surface area contributed by atoms with Crippen LogP contribution in [-0.2, 0) is 0 Å². The van der Waals surface area contributed by atoms with Crippen LogP contribution < -0.4 is 11.1 Å². The molecule has 0 bridgehead atoms. The van der Waals surface area contributed by atoms with E-state index in [0.717, 1.165) is 19.4 Å². The highest BCUT2D eigenvalue weighted by atomic mass is 19.1. The van der Waals surface area contributed by atoms with Crippen molar-refractivity contribution in [1.82, 2.24) is 0 Å². The van der Waals surface area contributed by atoms with Crippen molar-refractivity contribution in [2.24, 2.45) is 5.92 Å². The van der Waals surface area contributed by atoms with E-state index in [2.05, 4.69) is 5.32 Å². The summed E-state index contributed by atoms with van der Waals surface area (Å²) in [6, 6.07) is 4.42. The van der Waals surface area contributed by atoms with Crippen LogP contribution in [0.3, 0.4) is 0 Å². The number of aliphatic hydroxyl groups excluding tert-OH is 1. The normalized spacial score (nSPS) is 24.7. The summed E-state index contributed by atoms with van der Waals surface area (Å²) >= 11 is 0. The molecule has 4 N–H and O–H groups in total. The van der Waals surface area contributed by atoms with Crippen LogP contribution in [0.1, 0.15) is 12.8 Å². The van der Waals surface area contributed by atoms with Crippen molar-refractivity contribution in [1.29, 1.82) is 0 Å². The Morgan fingerprint density at radius 1 is 1.40 bits per heavy atom. The lowest BCUT2D eigenvalue weighted by Gasteiger charge is -2.31. The molecular weight excluding hydrogens is 195 g/mol. The van der Waals surface area contributed by atoms with E-state index < -0.39 is 0 Å². The van der Waals surface area contributed by atoms with Crippen LogP contribution in [-0.4, -0.2) is 17.8 Å². The highest BCUT2D eigenvalue weighted by Crippen LogP contribution is 2.27. The largest absolute Gasteiger partial charge is 0.399 e. The van der Waals surface area contributed by atoms with Crippen molar-refractivity contribution in [2.45, 2.75) is 18.9 Å². The van der Waals surface area contributed by atoms with Crippen molar-refractivity contribution >= 4 is 11.4 Å². The van der Waals surface area contributed by atoms with Gasteiger partial charge in [-0.15, -0.1) is 0 Å². The van der Waals surface area contributed by atoms with E-state index in [9.17, 15) is 4.39 Å². The number of aliphatic hydroxyl groups is 1. The fourth-order valence-corrected chi connectivity index (χ4v) is 1.84. The van der Waals surface area contributed by atoms with Gasteiger partial charge in [-0.05, 0) is 37.0 Å². The lowest BCUT2D eigenvalue weighted by Crippen LogP contribution is -2.33. The van der Waals surface area contributed by atoms with E-state index in [0.29, 0.717) is 17.3 Å². The smallest absolute Gasteiger partial charge is 0.127 e. The molecule has 1 saturated carbocycles. The Labute approximate surface area is 88.1 Å². The molecule has 1 aliphatic carbocycles. The molecule has 1 aromatic rings. The van der Waals surface area contributed by atoms with E-state index in [-0.39, 0.29) is 11.9 Å². The number of rotatable bonds is 3. The molecule has 0 aliphatic heterocycles. The highest BCUT2D eigenvalue weighted by molar-refractivity contribution is 5.54. The molecule has 0 atom stereocenters. The zero-order valence-corrected chi connectivity index (χ0v) is 8.41. The SMILES string of the molecule is Nc1cc(F)cc(NCC2CC(O)C2)c1. The van der Waals surface area contributed by atoms with Crippen LogP contribution in [0.5, 0.6) is 0 Å². The fraction of sp³-hybridized carbons (Fsp3) is 0.455. The summed E-state index contributed by atoms with van der Waals surface area (Å²) in [4.78, 5) is 0. The number of nitrogens with two attached hydrogens (primary N) is 1. The topological polar surface area (TPSA) is 58.3 Å². The molecule has 0 aromatic heterocycles. The lowest BCUT2D eigenvalue weighted by atomic mass is 9.82. The van der Waals surface area contributed by atoms with Crippen molar-refractivity contribution < 1.29 is 9.50 Å². The minimum absolute atomic E-state index is 0.144. The third kappa shape index (κ3) is 2.59. The van der Waals surface area contributed by atoms with Gasteiger partial charge >= 0.3 is 0 Å². The zero-order chi connectivity index (χ0) is 10.8. The van der Waals surface area contributed by atoms with Crippen molar-refractivity contribution in [3.05, 3.63) is 24.0 Å². The minimum Gasteiger partial charge on any atom is -0.399 e. The Morgan fingerprint density at radius 2 is 2.13 bits per heavy atom. The molecule has 3 nitrogen and oxygen atoms in total. The molecular formula is C11H15FN2O. The van der Waals surface area contributed by atoms with Gasteiger partial charge in [-0.25, -0.2) is 4.39 Å². The predicted octanol–water partition coefficient (Wildman–Crippen LogP) is 1.59. The van der Waals surface area contributed by atoms with Crippen molar-refractivity contribution in [3.63, 3.8) is 0 Å². The summed E-state index contributed by atoms with van der Waals surface area (Å²) in [7, 11) is 0. The molecule has 2 rings (SSSR count). The second-order valence-corrected chi connectivity index (χ2v) is 4.15. The first-order valence-electron chi connectivity index (χ1n) is 5.11. The fourth-order valence-electron chi connectivity index (χ4n) is 1.84. The van der Waals surface area contributed by atoms with Gasteiger partial charge in [-0.3, -0.25) is 0 Å². The number of halogens is 1. The molecule has 0 heterocycles. The van der Waals surface area contributed by atoms with Gasteiger partial charge in [0.15, 0.2) is 0 Å². The predicted molar refractivity (Wildman–Crippen MR) is 58.0 cm³/mol. The molecule has 0 amide bonds. The highest BCUT2D eigenvalue weighted by Gasteiger charge is 2.26. The number of hydrogen-bond donors (Lipinski definition) is 3. The second-order valence-electron chi connectivity index (χ2n) is 4.15. The lowest BCUT2D eigenvalue weighted by molar-refractivity contribution is 0.0487. The first kappa shape index (κ1) is 10.2. The Morgan fingerprint density at radius 3 is 2.73 bits per heavy atom. The molecule has 0 spiro atoms. The molecule has 1 aliphatic rings. The van der Waals surface area contributed by atoms with E-state index in [4.69, 9.17) is 10.8 Å². The summed E-state index contributed by atoms with van der Waals surface area (Å²) in [5, 5.41) is 12.2. The first-order valence-corrected chi connectivity index (χ1v) is 5.11. The second kappa shape index (κ2) is 4.06. The summed E-state index contributed by atoms with van der Waals surface area (Å²) in [6.07, 6.45) is 1.52. The minimum atomic E-state index is -0.328. The van der Waals surface area contributed by atoms with Gasteiger partial charge in [0.1, 0.15) is 5.82 Å². The van der Waals surface area contributed by atoms with Crippen molar-refractivity contribution in [2.75, 3.05) is 17.6 Å². The van der Waals surface area contributed by atoms with E-state index in [1.807, 2.05) is 0 Å². The molecule has 1 aromatic carbocycles. The van der Waals surface area contributed by atoms with E-state index >= 15 is 0 Å². The standard InChI is InChI=1S/C11H15FN2O/c12-8-3-9(13)5-10(4-8)14-6-7-1-11(15)2-7/h3-5,7,11,14-15H,1-2,6,13H2. The average Bonchev–Trinajstić information content (AvgIpc) is 2.09. The number of benzene rings is 1. The number of nitrogens with one attached hydrogen (secondary N) is 1. The van der Waals surface area contributed by atoms with E-state index in [1.54, 1.807) is 6.07 Å². The van der Waals surface area contributed by atoms with E-state index in [1.165, 1.54) is 12.1 Å². The van der Waals surface area contributed by atoms with Crippen LogP contribution in [0.4, 0.5) is 15.8 Å². The molecule has 15 heavy (non-hydrogen) atoms. The molecule has 4 heteroatoms. The number of hydrogen-bond acceptors (Lipinski definition) is 3. The molecule has 1 fully saturated rings. The average molecular weight is 210 g/mol. The van der Waals surface area contributed by atoms with Crippen molar-refractivity contribution in [3.8, 4) is 0 Å². The molecule has 0 radical (unpaired) electrons. The maximum absolute atomic E-state index is 13.0. The van der Waals surface area contributed by atoms with Gasteiger partial charge in [-0.2, -0.15) is 0 Å². The Kier molecular flexibility index (Phi) is 2.77. The van der Waals surface area contributed by atoms with Crippen LogP contribution in [0, 0.1) is 11.7 Å². The van der Waals surface area contributed by atoms with Gasteiger partial charge in [0.05, 0.1) is 6.10 Å². The maximum Gasteiger partial charge on any atom is 0.127 e. The van der Waals surface area contributed by atoms with Gasteiger partial charge in [0.25, 0.3) is 0 Å². The monoisotopic (exact) mass is 210 g/mol. The van der Waals surface area contributed by atoms with Gasteiger partial charge < -0.3 is 16.2 Å². The van der Waals surface area contributed by atoms with Gasteiger partial charge in [-0.1, -0.05) is 0 Å². The summed E-state index contributed by atoms with van der Waals surface area (Å²) in [6.45, 7) is 0.764.